The highest BCUT2D eigenvalue weighted by Gasteiger charge is 2.19. The zero-order valence-electron chi connectivity index (χ0n) is 34.1. The molecule has 0 N–H and O–H groups in total. The summed E-state index contributed by atoms with van der Waals surface area (Å²) in [4.78, 5) is 4.72. The minimum Gasteiger partial charge on any atom is -0.310 e. The minimum absolute atomic E-state index is 1.06. The van der Waals surface area contributed by atoms with Crippen LogP contribution in [0.2, 0.25) is 0 Å². The van der Waals surface area contributed by atoms with Crippen molar-refractivity contribution in [1.82, 2.24) is 0 Å². The molecular formula is C60H42N2. The van der Waals surface area contributed by atoms with E-state index >= 15 is 0 Å². The first-order chi connectivity index (χ1) is 30.7. The van der Waals surface area contributed by atoms with Crippen LogP contribution in [-0.4, -0.2) is 0 Å². The molecule has 0 aliphatic carbocycles. The Morgan fingerprint density at radius 1 is 0.210 bits per heavy atom. The Bertz CT molecular complexity index is 3330. The lowest BCUT2D eigenvalue weighted by atomic mass is 9.87. The third-order valence-electron chi connectivity index (χ3n) is 12.0. The fourth-order valence-electron chi connectivity index (χ4n) is 9.03. The lowest BCUT2D eigenvalue weighted by Crippen LogP contribution is -2.13. The van der Waals surface area contributed by atoms with Crippen LogP contribution in [0.1, 0.15) is 0 Å². The lowest BCUT2D eigenvalue weighted by molar-refractivity contribution is 1.25. The Balaban J connectivity index is 1.05. The molecule has 0 aliphatic heterocycles. The molecule has 62 heavy (non-hydrogen) atoms. The average molecular weight is 791 g/mol. The molecule has 292 valence electrons. The second kappa shape index (κ2) is 16.1. The Labute approximate surface area is 362 Å². The molecule has 0 amide bonds. The summed E-state index contributed by atoms with van der Waals surface area (Å²) in [6, 6.07) is 92.1. The maximum absolute atomic E-state index is 2.37. The molecule has 0 spiro atoms. The van der Waals surface area contributed by atoms with Gasteiger partial charge in [0.25, 0.3) is 0 Å². The topological polar surface area (TPSA) is 6.48 Å². The number of rotatable bonds is 9. The molecule has 0 aromatic heterocycles. The van der Waals surface area contributed by atoms with E-state index in [4.69, 9.17) is 0 Å². The third-order valence-corrected chi connectivity index (χ3v) is 12.0. The zero-order chi connectivity index (χ0) is 41.2. The third kappa shape index (κ3) is 6.94. The van der Waals surface area contributed by atoms with Gasteiger partial charge in [-0.05, 0) is 132 Å². The molecule has 2 nitrogen and oxygen atoms in total. The standard InChI is InChI=1S/C60H42N2/c1-3-15-43(16-4-1)45-29-35-51(36-30-45)61(53-24-14-25-54(42-53)62(50-22-5-2-6-23-50)55-39-31-44-17-7-8-20-49(44)41-55)52-37-32-48(33-38-52)58-40-34-47-19-10-12-27-57(47)60(58)59-28-13-21-46-18-9-11-26-56(46)59/h1-42H. The molecule has 0 unspecified atom stereocenters. The van der Waals surface area contributed by atoms with E-state index in [9.17, 15) is 0 Å². The summed E-state index contributed by atoms with van der Waals surface area (Å²) in [5.41, 5.74) is 13.7. The quantitative estimate of drug-likeness (QED) is 0.144. The van der Waals surface area contributed by atoms with Crippen molar-refractivity contribution in [1.29, 1.82) is 0 Å². The lowest BCUT2D eigenvalue weighted by Gasteiger charge is -2.29. The van der Waals surface area contributed by atoms with Gasteiger partial charge < -0.3 is 9.80 Å². The Morgan fingerprint density at radius 2 is 0.645 bits per heavy atom. The summed E-state index contributed by atoms with van der Waals surface area (Å²) < 4.78 is 0. The van der Waals surface area contributed by atoms with Crippen LogP contribution in [0.25, 0.3) is 65.7 Å². The molecule has 0 heterocycles. The van der Waals surface area contributed by atoms with E-state index in [1.807, 2.05) is 0 Å². The number of anilines is 6. The van der Waals surface area contributed by atoms with E-state index in [-0.39, 0.29) is 0 Å². The predicted octanol–water partition coefficient (Wildman–Crippen LogP) is 17.1. The van der Waals surface area contributed by atoms with E-state index in [1.54, 1.807) is 0 Å². The summed E-state index contributed by atoms with van der Waals surface area (Å²) in [6.45, 7) is 0. The van der Waals surface area contributed by atoms with Crippen molar-refractivity contribution in [2.24, 2.45) is 0 Å². The van der Waals surface area contributed by atoms with Gasteiger partial charge in [0.05, 0.1) is 0 Å². The first-order valence-corrected chi connectivity index (χ1v) is 21.3. The smallest absolute Gasteiger partial charge is 0.0482 e. The summed E-state index contributed by atoms with van der Waals surface area (Å²) in [6.07, 6.45) is 0. The summed E-state index contributed by atoms with van der Waals surface area (Å²) >= 11 is 0. The highest BCUT2D eigenvalue weighted by Crippen LogP contribution is 2.44. The maximum atomic E-state index is 2.37. The van der Waals surface area contributed by atoms with Gasteiger partial charge in [0, 0.05) is 34.1 Å². The molecule has 0 bridgehead atoms. The number of nitrogens with zero attached hydrogens (tertiary/aromatic N) is 2. The monoisotopic (exact) mass is 790 g/mol. The van der Waals surface area contributed by atoms with Crippen LogP contribution in [0.15, 0.2) is 255 Å². The molecule has 0 radical (unpaired) electrons. The molecule has 0 aliphatic rings. The van der Waals surface area contributed by atoms with Gasteiger partial charge in [-0.1, -0.05) is 188 Å². The molecule has 11 aromatic rings. The predicted molar refractivity (Wildman–Crippen MR) is 265 cm³/mol. The van der Waals surface area contributed by atoms with Crippen LogP contribution in [0, 0.1) is 0 Å². The molecule has 11 aromatic carbocycles. The Morgan fingerprint density at radius 3 is 1.35 bits per heavy atom. The number of hydrogen-bond donors (Lipinski definition) is 0. The number of hydrogen-bond acceptors (Lipinski definition) is 2. The maximum Gasteiger partial charge on any atom is 0.0482 e. The van der Waals surface area contributed by atoms with Crippen molar-refractivity contribution in [3.8, 4) is 33.4 Å². The van der Waals surface area contributed by atoms with E-state index in [1.165, 1.54) is 65.7 Å². The van der Waals surface area contributed by atoms with Crippen LogP contribution in [-0.2, 0) is 0 Å². The molecule has 0 saturated carbocycles. The zero-order valence-corrected chi connectivity index (χ0v) is 34.1. The van der Waals surface area contributed by atoms with Gasteiger partial charge in [-0.2, -0.15) is 0 Å². The summed E-state index contributed by atoms with van der Waals surface area (Å²) in [5, 5.41) is 7.40. The molecule has 2 heteroatoms. The van der Waals surface area contributed by atoms with Gasteiger partial charge in [-0.15, -0.1) is 0 Å². The first kappa shape index (κ1) is 36.8. The van der Waals surface area contributed by atoms with Gasteiger partial charge in [-0.3, -0.25) is 0 Å². The number of para-hydroxylation sites is 1. The van der Waals surface area contributed by atoms with Crippen LogP contribution in [0.3, 0.4) is 0 Å². The second-order valence-electron chi connectivity index (χ2n) is 15.8. The normalized spacial score (nSPS) is 11.2. The second-order valence-corrected chi connectivity index (χ2v) is 15.8. The van der Waals surface area contributed by atoms with E-state index in [0.29, 0.717) is 0 Å². The number of fused-ring (bicyclic) bond motifs is 3. The van der Waals surface area contributed by atoms with Crippen molar-refractivity contribution in [3.63, 3.8) is 0 Å². The van der Waals surface area contributed by atoms with Gasteiger partial charge in [0.1, 0.15) is 0 Å². The van der Waals surface area contributed by atoms with E-state index in [2.05, 4.69) is 265 Å². The summed E-state index contributed by atoms with van der Waals surface area (Å²) in [7, 11) is 0. The van der Waals surface area contributed by atoms with Crippen LogP contribution in [0.5, 0.6) is 0 Å². The fourth-order valence-corrected chi connectivity index (χ4v) is 9.03. The number of benzene rings is 11. The molecular weight excluding hydrogens is 749 g/mol. The van der Waals surface area contributed by atoms with Gasteiger partial charge in [0.15, 0.2) is 0 Å². The largest absolute Gasteiger partial charge is 0.310 e. The Hall–Kier alpha value is -8.20. The molecule has 0 fully saturated rings. The van der Waals surface area contributed by atoms with Crippen molar-refractivity contribution in [3.05, 3.63) is 255 Å². The molecule has 0 saturated heterocycles. The summed E-state index contributed by atoms with van der Waals surface area (Å²) in [5.74, 6) is 0. The molecule has 11 rings (SSSR count). The van der Waals surface area contributed by atoms with Gasteiger partial charge in [0.2, 0.25) is 0 Å². The van der Waals surface area contributed by atoms with Crippen LogP contribution >= 0.6 is 0 Å². The van der Waals surface area contributed by atoms with Gasteiger partial charge in [-0.25, -0.2) is 0 Å². The first-order valence-electron chi connectivity index (χ1n) is 21.3. The minimum atomic E-state index is 1.06. The van der Waals surface area contributed by atoms with Crippen LogP contribution in [0.4, 0.5) is 34.1 Å². The fraction of sp³-hybridized carbons (Fsp3) is 0. The van der Waals surface area contributed by atoms with Crippen LogP contribution < -0.4 is 9.80 Å². The van der Waals surface area contributed by atoms with Gasteiger partial charge >= 0.3 is 0 Å². The van der Waals surface area contributed by atoms with E-state index in [0.717, 1.165) is 34.1 Å². The molecule has 0 atom stereocenters. The van der Waals surface area contributed by atoms with Crippen molar-refractivity contribution in [2.75, 3.05) is 9.80 Å². The highest BCUT2D eigenvalue weighted by atomic mass is 15.2. The Kier molecular flexibility index (Phi) is 9.57. The van der Waals surface area contributed by atoms with Crippen molar-refractivity contribution in [2.45, 2.75) is 0 Å². The SMILES string of the molecule is c1ccc(-c2ccc(N(c3ccc(-c4ccc5ccccc5c4-c4cccc5ccccc45)cc3)c3cccc(N(c4ccccc4)c4ccc5ccccc5c4)c3)cc2)cc1. The van der Waals surface area contributed by atoms with Crippen molar-refractivity contribution >= 4 is 66.4 Å². The van der Waals surface area contributed by atoms with E-state index < -0.39 is 0 Å². The average Bonchev–Trinajstić information content (AvgIpc) is 3.35. The highest BCUT2D eigenvalue weighted by molar-refractivity contribution is 6.10. The van der Waals surface area contributed by atoms with Crippen molar-refractivity contribution < 1.29 is 0 Å².